The van der Waals surface area contributed by atoms with Crippen molar-refractivity contribution in [3.63, 3.8) is 0 Å². The van der Waals surface area contributed by atoms with Crippen LogP contribution >= 0.6 is 0 Å². The molecule has 0 aromatic carbocycles. The van der Waals surface area contributed by atoms with Gasteiger partial charge in [-0.15, -0.1) is 0 Å². The van der Waals surface area contributed by atoms with E-state index in [1.165, 1.54) is 0 Å². The number of carbonyl (C=O) groups is 4. The number of amides is 2. The summed E-state index contributed by atoms with van der Waals surface area (Å²) >= 11 is 0. The molecule has 14 heavy (non-hydrogen) atoms. The molecule has 0 aromatic heterocycles. The van der Waals surface area contributed by atoms with Gasteiger partial charge in [-0.2, -0.15) is 0 Å². The van der Waals surface area contributed by atoms with Crippen LogP contribution < -0.4 is 11.5 Å². The zero-order chi connectivity index (χ0) is 10.9. The first kappa shape index (κ1) is 10.4. The molecule has 6 heteroatoms. The van der Waals surface area contributed by atoms with Gasteiger partial charge in [0.2, 0.25) is 11.8 Å². The molecule has 0 heterocycles. The van der Waals surface area contributed by atoms with E-state index in [1.54, 1.807) is 0 Å². The van der Waals surface area contributed by atoms with Crippen LogP contribution in [0, 0.1) is 11.8 Å². The normalized spacial score (nSPS) is 27.4. The van der Waals surface area contributed by atoms with Crippen LogP contribution in [0.3, 0.4) is 0 Å². The van der Waals surface area contributed by atoms with Gasteiger partial charge in [0.1, 0.15) is 23.4 Å². The van der Waals surface area contributed by atoms with E-state index in [0.29, 0.717) is 0 Å². The summed E-state index contributed by atoms with van der Waals surface area (Å²) in [4.78, 5) is 44.2. The van der Waals surface area contributed by atoms with Crippen LogP contribution in [-0.2, 0) is 19.2 Å². The molecule has 0 spiro atoms. The fourth-order valence-electron chi connectivity index (χ4n) is 1.58. The molecule has 0 radical (unpaired) electrons. The maximum absolute atomic E-state index is 11.2. The van der Waals surface area contributed by atoms with E-state index in [2.05, 4.69) is 0 Å². The summed E-state index contributed by atoms with van der Waals surface area (Å²) in [7, 11) is 0. The molecule has 0 bridgehead atoms. The molecule has 0 saturated heterocycles. The molecule has 1 aliphatic carbocycles. The van der Waals surface area contributed by atoms with Crippen LogP contribution in [0.1, 0.15) is 12.8 Å². The summed E-state index contributed by atoms with van der Waals surface area (Å²) in [6.45, 7) is 0. The Labute approximate surface area is 79.6 Å². The lowest BCUT2D eigenvalue weighted by Gasteiger charge is -2.24. The Morgan fingerprint density at radius 2 is 1.21 bits per heavy atom. The number of Topliss-reactive ketones (excluding diaryl/α,β-unsaturated/α-hetero) is 2. The lowest BCUT2D eigenvalue weighted by Crippen LogP contribution is -2.49. The number of hydrogen-bond donors (Lipinski definition) is 2. The van der Waals surface area contributed by atoms with Crippen molar-refractivity contribution in [1.82, 2.24) is 0 Å². The van der Waals surface area contributed by atoms with Crippen molar-refractivity contribution in [2.24, 2.45) is 23.3 Å². The van der Waals surface area contributed by atoms with Gasteiger partial charge in [0.25, 0.3) is 0 Å². The lowest BCUT2D eigenvalue weighted by molar-refractivity contribution is -0.149. The van der Waals surface area contributed by atoms with Crippen molar-refractivity contribution in [2.45, 2.75) is 12.8 Å². The fraction of sp³-hybridized carbons (Fsp3) is 0.500. The number of ketones is 2. The highest BCUT2D eigenvalue weighted by Gasteiger charge is 2.44. The highest BCUT2D eigenvalue weighted by Crippen LogP contribution is 2.24. The Balaban J connectivity index is 3.04. The summed E-state index contributed by atoms with van der Waals surface area (Å²) in [6.07, 6.45) is -0.0908. The number of nitrogens with two attached hydrogens (primary N) is 2. The zero-order valence-corrected chi connectivity index (χ0v) is 7.36. The van der Waals surface area contributed by atoms with Crippen LogP contribution in [0.5, 0.6) is 0 Å². The molecule has 2 unspecified atom stereocenters. The van der Waals surface area contributed by atoms with Crippen molar-refractivity contribution < 1.29 is 19.2 Å². The lowest BCUT2D eigenvalue weighted by atomic mass is 9.76. The Morgan fingerprint density at radius 1 is 0.929 bits per heavy atom. The highest BCUT2D eigenvalue weighted by molar-refractivity contribution is 6.15. The third kappa shape index (κ3) is 1.63. The van der Waals surface area contributed by atoms with E-state index in [4.69, 9.17) is 11.5 Å². The molecule has 0 aliphatic heterocycles. The Kier molecular flexibility index (Phi) is 2.64. The van der Waals surface area contributed by atoms with Gasteiger partial charge >= 0.3 is 0 Å². The first-order valence-electron chi connectivity index (χ1n) is 4.09. The molecule has 2 atom stereocenters. The van der Waals surface area contributed by atoms with Gasteiger partial charge in [0, 0.05) is 12.8 Å². The van der Waals surface area contributed by atoms with Crippen LogP contribution in [0.25, 0.3) is 0 Å². The SMILES string of the molecule is NC(=O)C1C(=O)CCC(=O)C1C(N)=O. The van der Waals surface area contributed by atoms with Gasteiger partial charge in [-0.3, -0.25) is 19.2 Å². The topological polar surface area (TPSA) is 120 Å². The van der Waals surface area contributed by atoms with E-state index < -0.39 is 35.2 Å². The van der Waals surface area contributed by atoms with Gasteiger partial charge < -0.3 is 11.5 Å². The minimum absolute atomic E-state index is 0.0454. The molecule has 1 aliphatic rings. The summed E-state index contributed by atoms with van der Waals surface area (Å²) in [5.74, 6) is -5.64. The quantitative estimate of drug-likeness (QED) is 0.504. The van der Waals surface area contributed by atoms with Crippen LogP contribution in [0.15, 0.2) is 0 Å². The van der Waals surface area contributed by atoms with Crippen LogP contribution in [-0.4, -0.2) is 23.4 Å². The molecule has 2 amide bonds. The van der Waals surface area contributed by atoms with E-state index in [1.807, 2.05) is 0 Å². The minimum atomic E-state index is -1.37. The first-order chi connectivity index (χ1) is 6.45. The van der Waals surface area contributed by atoms with Gasteiger partial charge in [0.15, 0.2) is 0 Å². The summed E-state index contributed by atoms with van der Waals surface area (Å²) in [6, 6.07) is 0. The Bertz CT molecular complexity index is 291. The van der Waals surface area contributed by atoms with Gasteiger partial charge in [-0.05, 0) is 0 Å². The average molecular weight is 198 g/mol. The van der Waals surface area contributed by atoms with Crippen molar-refractivity contribution in [3.8, 4) is 0 Å². The number of hydrogen-bond acceptors (Lipinski definition) is 4. The minimum Gasteiger partial charge on any atom is -0.369 e. The maximum atomic E-state index is 11.2. The van der Waals surface area contributed by atoms with Crippen LogP contribution in [0.4, 0.5) is 0 Å². The summed E-state index contributed by atoms with van der Waals surface area (Å²) in [5, 5.41) is 0. The molecular formula is C8H10N2O4. The monoisotopic (exact) mass is 198 g/mol. The van der Waals surface area contributed by atoms with Gasteiger partial charge in [-0.25, -0.2) is 0 Å². The first-order valence-corrected chi connectivity index (χ1v) is 4.09. The third-order valence-corrected chi connectivity index (χ3v) is 2.26. The van der Waals surface area contributed by atoms with E-state index in [-0.39, 0.29) is 12.8 Å². The second kappa shape index (κ2) is 3.57. The highest BCUT2D eigenvalue weighted by atomic mass is 16.2. The third-order valence-electron chi connectivity index (χ3n) is 2.26. The summed E-state index contributed by atoms with van der Waals surface area (Å²) < 4.78 is 0. The van der Waals surface area contributed by atoms with Crippen molar-refractivity contribution in [2.75, 3.05) is 0 Å². The van der Waals surface area contributed by atoms with E-state index in [9.17, 15) is 19.2 Å². The van der Waals surface area contributed by atoms with E-state index >= 15 is 0 Å². The second-order valence-corrected chi connectivity index (χ2v) is 3.19. The number of primary amides is 2. The fourth-order valence-corrected chi connectivity index (χ4v) is 1.58. The number of rotatable bonds is 2. The van der Waals surface area contributed by atoms with Crippen molar-refractivity contribution in [3.05, 3.63) is 0 Å². The molecule has 6 nitrogen and oxygen atoms in total. The molecule has 1 rings (SSSR count). The molecule has 76 valence electrons. The molecule has 1 fully saturated rings. The summed E-state index contributed by atoms with van der Waals surface area (Å²) in [5.41, 5.74) is 9.86. The number of carbonyl (C=O) groups excluding carboxylic acids is 4. The van der Waals surface area contributed by atoms with Gasteiger partial charge in [0.05, 0.1) is 0 Å². The second-order valence-electron chi connectivity index (χ2n) is 3.19. The average Bonchev–Trinajstić information content (AvgIpc) is 2.07. The smallest absolute Gasteiger partial charge is 0.229 e. The van der Waals surface area contributed by atoms with Gasteiger partial charge in [-0.1, -0.05) is 0 Å². The Morgan fingerprint density at radius 3 is 1.43 bits per heavy atom. The zero-order valence-electron chi connectivity index (χ0n) is 7.36. The molecular weight excluding hydrogens is 188 g/mol. The molecule has 0 aromatic rings. The molecule has 1 saturated carbocycles. The maximum Gasteiger partial charge on any atom is 0.229 e. The standard InChI is InChI=1S/C8H10N2O4/c9-7(13)5-3(11)1-2-4(12)6(5)8(10)14/h5-6H,1-2H2,(H2,9,13)(H2,10,14). The molecule has 4 N–H and O–H groups in total. The Hall–Kier alpha value is -1.72. The predicted molar refractivity (Wildman–Crippen MR) is 44.6 cm³/mol. The van der Waals surface area contributed by atoms with Crippen molar-refractivity contribution in [1.29, 1.82) is 0 Å². The van der Waals surface area contributed by atoms with Crippen LogP contribution in [0.2, 0.25) is 0 Å². The largest absolute Gasteiger partial charge is 0.369 e. The van der Waals surface area contributed by atoms with Crippen molar-refractivity contribution >= 4 is 23.4 Å². The predicted octanol–water partition coefficient (Wildman–Crippen LogP) is -1.88. The van der Waals surface area contributed by atoms with E-state index in [0.717, 1.165) is 0 Å².